The Morgan fingerprint density at radius 1 is 1.38 bits per heavy atom. The van der Waals surface area contributed by atoms with Gasteiger partial charge in [0.2, 0.25) is 0 Å². The Bertz CT molecular complexity index is 311. The standard InChI is InChI=1S/C11H19N3.C2H6/c1-5-12-8-11-13-7-10(9(3)4)14(11)6-2;1-2/h7-9H,5-6H2,1-4H3;1-2H3. The fourth-order valence-electron chi connectivity index (χ4n) is 1.49. The van der Waals surface area contributed by atoms with Crippen LogP contribution in [0.5, 0.6) is 0 Å². The van der Waals surface area contributed by atoms with E-state index >= 15 is 0 Å². The van der Waals surface area contributed by atoms with E-state index in [1.165, 1.54) is 5.69 Å². The summed E-state index contributed by atoms with van der Waals surface area (Å²) in [5, 5.41) is 0. The van der Waals surface area contributed by atoms with Gasteiger partial charge in [-0.2, -0.15) is 0 Å². The van der Waals surface area contributed by atoms with E-state index in [0.29, 0.717) is 5.92 Å². The summed E-state index contributed by atoms with van der Waals surface area (Å²) >= 11 is 0. The van der Waals surface area contributed by atoms with Crippen molar-refractivity contribution in [3.63, 3.8) is 0 Å². The zero-order valence-electron chi connectivity index (χ0n) is 11.5. The van der Waals surface area contributed by atoms with Crippen molar-refractivity contribution in [3.05, 3.63) is 17.7 Å². The summed E-state index contributed by atoms with van der Waals surface area (Å²) in [5.41, 5.74) is 1.28. The highest BCUT2D eigenvalue weighted by Crippen LogP contribution is 2.15. The van der Waals surface area contributed by atoms with E-state index in [-0.39, 0.29) is 0 Å². The van der Waals surface area contributed by atoms with E-state index in [1.807, 2.05) is 33.2 Å². The van der Waals surface area contributed by atoms with Gasteiger partial charge in [0, 0.05) is 25.0 Å². The van der Waals surface area contributed by atoms with Crippen molar-refractivity contribution < 1.29 is 0 Å². The maximum absolute atomic E-state index is 4.36. The molecule has 0 spiro atoms. The molecule has 0 unspecified atom stereocenters. The molecule has 1 aromatic rings. The minimum atomic E-state index is 0.520. The Morgan fingerprint density at radius 3 is 2.44 bits per heavy atom. The van der Waals surface area contributed by atoms with Crippen molar-refractivity contribution in [1.29, 1.82) is 0 Å². The lowest BCUT2D eigenvalue weighted by atomic mass is 10.1. The zero-order chi connectivity index (χ0) is 12.6. The molecule has 0 N–H and O–H groups in total. The molecule has 3 heteroatoms. The summed E-state index contributed by atoms with van der Waals surface area (Å²) in [5.74, 6) is 1.49. The fraction of sp³-hybridized carbons (Fsp3) is 0.692. The lowest BCUT2D eigenvalue weighted by Gasteiger charge is -2.09. The molecule has 0 bridgehead atoms. The van der Waals surface area contributed by atoms with Gasteiger partial charge in [-0.25, -0.2) is 4.98 Å². The van der Waals surface area contributed by atoms with Crippen LogP contribution in [-0.2, 0) is 6.54 Å². The number of nitrogens with zero attached hydrogens (tertiary/aromatic N) is 3. The normalized spacial score (nSPS) is 10.7. The van der Waals surface area contributed by atoms with Gasteiger partial charge in [-0.05, 0) is 19.8 Å². The van der Waals surface area contributed by atoms with Gasteiger partial charge in [-0.1, -0.05) is 27.7 Å². The molecule has 0 aliphatic carbocycles. The topological polar surface area (TPSA) is 30.2 Å². The van der Waals surface area contributed by atoms with Crippen molar-refractivity contribution in [2.75, 3.05) is 6.54 Å². The molecule has 92 valence electrons. The monoisotopic (exact) mass is 223 g/mol. The molecule has 0 aromatic carbocycles. The third kappa shape index (κ3) is 3.80. The Hall–Kier alpha value is -1.12. The second-order valence-electron chi connectivity index (χ2n) is 3.57. The van der Waals surface area contributed by atoms with Crippen LogP contribution in [0.25, 0.3) is 0 Å². The van der Waals surface area contributed by atoms with Crippen molar-refractivity contribution in [2.45, 2.75) is 54.0 Å². The van der Waals surface area contributed by atoms with Crippen LogP contribution in [0.1, 0.15) is 59.0 Å². The average molecular weight is 223 g/mol. The molecule has 16 heavy (non-hydrogen) atoms. The average Bonchev–Trinajstić information content (AvgIpc) is 2.71. The second kappa shape index (κ2) is 8.08. The van der Waals surface area contributed by atoms with Gasteiger partial charge < -0.3 is 4.57 Å². The number of hydrogen-bond acceptors (Lipinski definition) is 2. The summed E-state index contributed by atoms with van der Waals surface area (Å²) < 4.78 is 2.21. The van der Waals surface area contributed by atoms with Gasteiger partial charge in [0.25, 0.3) is 0 Å². The summed E-state index contributed by atoms with van der Waals surface area (Å²) in [6.07, 6.45) is 3.81. The molecule has 0 saturated carbocycles. The minimum Gasteiger partial charge on any atom is -0.327 e. The van der Waals surface area contributed by atoms with Crippen molar-refractivity contribution in [1.82, 2.24) is 9.55 Å². The number of imidazole rings is 1. The molecule has 0 amide bonds. The van der Waals surface area contributed by atoms with E-state index in [4.69, 9.17) is 0 Å². The molecule has 0 radical (unpaired) electrons. The van der Waals surface area contributed by atoms with E-state index in [1.54, 1.807) is 0 Å². The summed E-state index contributed by atoms with van der Waals surface area (Å²) in [4.78, 5) is 8.57. The van der Waals surface area contributed by atoms with Gasteiger partial charge in [0.15, 0.2) is 5.82 Å². The maximum Gasteiger partial charge on any atom is 0.150 e. The SMILES string of the molecule is CC.CCN=Cc1ncc(C(C)C)n1CC. The number of aromatic nitrogens is 2. The van der Waals surface area contributed by atoms with Crippen LogP contribution in [0.15, 0.2) is 11.2 Å². The van der Waals surface area contributed by atoms with Crippen LogP contribution >= 0.6 is 0 Å². The highest BCUT2D eigenvalue weighted by molar-refractivity contribution is 5.75. The molecular weight excluding hydrogens is 198 g/mol. The minimum absolute atomic E-state index is 0.520. The number of aliphatic imine (C=N–C) groups is 1. The Labute approximate surface area is 99.6 Å². The zero-order valence-corrected chi connectivity index (χ0v) is 11.5. The smallest absolute Gasteiger partial charge is 0.150 e. The summed E-state index contributed by atoms with van der Waals surface area (Å²) in [6.45, 7) is 14.3. The largest absolute Gasteiger partial charge is 0.327 e. The van der Waals surface area contributed by atoms with Crippen LogP contribution in [0, 0.1) is 0 Å². The van der Waals surface area contributed by atoms with E-state index < -0.39 is 0 Å². The number of rotatable bonds is 4. The first-order valence-corrected chi connectivity index (χ1v) is 6.25. The van der Waals surface area contributed by atoms with Crippen LogP contribution in [0.4, 0.5) is 0 Å². The first-order valence-electron chi connectivity index (χ1n) is 6.25. The predicted octanol–water partition coefficient (Wildman–Crippen LogP) is 3.49. The van der Waals surface area contributed by atoms with E-state index in [9.17, 15) is 0 Å². The molecular formula is C13H25N3. The lowest BCUT2D eigenvalue weighted by molar-refractivity contribution is 0.668. The number of hydrogen-bond donors (Lipinski definition) is 0. The second-order valence-corrected chi connectivity index (χ2v) is 3.57. The Balaban J connectivity index is 0.00000106. The van der Waals surface area contributed by atoms with E-state index in [0.717, 1.165) is 18.9 Å². The highest BCUT2D eigenvalue weighted by Gasteiger charge is 2.09. The van der Waals surface area contributed by atoms with E-state index in [2.05, 4.69) is 35.3 Å². The van der Waals surface area contributed by atoms with Crippen LogP contribution in [0.3, 0.4) is 0 Å². The maximum atomic E-state index is 4.36. The van der Waals surface area contributed by atoms with Gasteiger partial charge >= 0.3 is 0 Å². The molecule has 0 aliphatic rings. The quantitative estimate of drug-likeness (QED) is 0.719. The van der Waals surface area contributed by atoms with Crippen LogP contribution in [0.2, 0.25) is 0 Å². The van der Waals surface area contributed by atoms with Crippen LogP contribution < -0.4 is 0 Å². The summed E-state index contributed by atoms with van der Waals surface area (Å²) in [6, 6.07) is 0. The molecule has 0 atom stereocenters. The van der Waals surface area contributed by atoms with Crippen molar-refractivity contribution >= 4 is 6.21 Å². The third-order valence-electron chi connectivity index (χ3n) is 2.21. The Kier molecular flexibility index (Phi) is 7.52. The van der Waals surface area contributed by atoms with Gasteiger partial charge in [0.1, 0.15) is 0 Å². The fourth-order valence-corrected chi connectivity index (χ4v) is 1.49. The highest BCUT2D eigenvalue weighted by atomic mass is 15.1. The molecule has 0 fully saturated rings. The van der Waals surface area contributed by atoms with Crippen molar-refractivity contribution in [2.24, 2.45) is 4.99 Å². The predicted molar refractivity (Wildman–Crippen MR) is 71.5 cm³/mol. The molecule has 0 saturated heterocycles. The van der Waals surface area contributed by atoms with Gasteiger partial charge in [0.05, 0.1) is 6.21 Å². The third-order valence-corrected chi connectivity index (χ3v) is 2.21. The van der Waals surface area contributed by atoms with Gasteiger partial charge in [-0.3, -0.25) is 4.99 Å². The molecule has 0 aliphatic heterocycles. The molecule has 1 aromatic heterocycles. The van der Waals surface area contributed by atoms with Gasteiger partial charge in [-0.15, -0.1) is 0 Å². The molecule has 1 rings (SSSR count). The first kappa shape index (κ1) is 14.9. The van der Waals surface area contributed by atoms with Crippen molar-refractivity contribution in [3.8, 4) is 0 Å². The van der Waals surface area contributed by atoms with Crippen LogP contribution in [-0.4, -0.2) is 22.3 Å². The Morgan fingerprint density at radius 2 is 2.00 bits per heavy atom. The molecule has 3 nitrogen and oxygen atoms in total. The molecule has 1 heterocycles. The first-order chi connectivity index (χ1) is 7.70. The summed E-state index contributed by atoms with van der Waals surface area (Å²) in [7, 11) is 0. The lowest BCUT2D eigenvalue weighted by Crippen LogP contribution is -2.06.